The van der Waals surface area contributed by atoms with Gasteiger partial charge in [0.15, 0.2) is 0 Å². The van der Waals surface area contributed by atoms with Gasteiger partial charge in [-0.1, -0.05) is 0 Å². The molecule has 0 fully saturated rings. The average Bonchev–Trinajstić information content (AvgIpc) is 3.57. The van der Waals surface area contributed by atoms with Crippen LogP contribution in [0.1, 0.15) is 109 Å². The quantitative estimate of drug-likeness (QED) is 0.0816. The van der Waals surface area contributed by atoms with Crippen LogP contribution in [0, 0.1) is 6.92 Å². The molecule has 0 atom stereocenters. The van der Waals surface area contributed by atoms with Gasteiger partial charge in [0.05, 0.1) is 11.7 Å². The van der Waals surface area contributed by atoms with Crippen LogP contribution in [0.15, 0.2) is 40.0 Å². The molecule has 2 aromatic rings. The lowest BCUT2D eigenvalue weighted by Gasteiger charge is -2.23. The van der Waals surface area contributed by atoms with Crippen molar-refractivity contribution in [3.8, 4) is 0 Å². The maximum Gasteiger partial charge on any atom is 0.408 e. The van der Waals surface area contributed by atoms with Crippen LogP contribution in [0.2, 0.25) is 0 Å². The fourth-order valence-electron chi connectivity index (χ4n) is 5.07. The lowest BCUT2D eigenvalue weighted by molar-refractivity contribution is -0.676. The number of carbonyl (C=O) groups is 7. The second-order valence-corrected chi connectivity index (χ2v) is 13.1. The first-order chi connectivity index (χ1) is 23.9. The SMILES string of the molecule is CCN(CCC(=O)CCC(=O)CCC(=O)CCC(=O)CCC(=O)CCC(=O)CCC(=O)CCO)c1ccc(/N=N/c2scc[n+]2CC)c(C)c1. The molecule has 0 spiro atoms. The predicted molar refractivity (Wildman–Crippen MR) is 190 cm³/mol. The summed E-state index contributed by atoms with van der Waals surface area (Å²) in [7, 11) is 0. The Morgan fingerprint density at radius 1 is 0.660 bits per heavy atom. The minimum Gasteiger partial charge on any atom is -0.396 e. The molecule has 1 aromatic carbocycles. The van der Waals surface area contributed by atoms with Gasteiger partial charge in [-0.15, -0.1) is 0 Å². The number of thiazole rings is 1. The van der Waals surface area contributed by atoms with Crippen LogP contribution in [-0.2, 0) is 40.1 Å². The molecule has 0 saturated carbocycles. The molecule has 1 N–H and O–H groups in total. The molecule has 0 bridgehead atoms. The number of Topliss-reactive ketones (excluding diaryl/α,β-unsaturated/α-hetero) is 7. The number of hydrogen-bond donors (Lipinski definition) is 1. The number of rotatable bonds is 28. The Morgan fingerprint density at radius 2 is 1.10 bits per heavy atom. The Kier molecular flexibility index (Phi) is 19.6. The summed E-state index contributed by atoms with van der Waals surface area (Å²) < 4.78 is 2.02. The van der Waals surface area contributed by atoms with Crippen molar-refractivity contribution in [1.29, 1.82) is 0 Å². The van der Waals surface area contributed by atoms with Gasteiger partial charge in [-0.25, -0.2) is 4.57 Å². The van der Waals surface area contributed by atoms with Crippen LogP contribution in [0.25, 0.3) is 0 Å². The summed E-state index contributed by atoms with van der Waals surface area (Å²) in [6.07, 6.45) is 2.52. The second-order valence-electron chi connectivity index (χ2n) is 12.2. The van der Waals surface area contributed by atoms with Crippen LogP contribution >= 0.6 is 11.3 Å². The molecule has 1 heterocycles. The van der Waals surface area contributed by atoms with E-state index in [9.17, 15) is 33.6 Å². The van der Waals surface area contributed by atoms with Gasteiger partial charge in [-0.3, -0.25) is 33.6 Å². The van der Waals surface area contributed by atoms with Crippen molar-refractivity contribution in [2.24, 2.45) is 10.2 Å². The van der Waals surface area contributed by atoms with Gasteiger partial charge in [0.2, 0.25) is 0 Å². The molecule has 0 aliphatic rings. The number of carbonyl (C=O) groups excluding carboxylic acids is 7. The highest BCUT2D eigenvalue weighted by Crippen LogP contribution is 2.27. The summed E-state index contributed by atoms with van der Waals surface area (Å²) in [4.78, 5) is 86.6. The van der Waals surface area contributed by atoms with Gasteiger partial charge < -0.3 is 10.0 Å². The summed E-state index contributed by atoms with van der Waals surface area (Å²) >= 11 is 1.53. The van der Waals surface area contributed by atoms with Crippen molar-refractivity contribution < 1.29 is 43.2 Å². The molecule has 0 aliphatic carbocycles. The van der Waals surface area contributed by atoms with Gasteiger partial charge in [0, 0.05) is 121 Å². The Bertz CT molecular complexity index is 1520. The largest absolute Gasteiger partial charge is 0.408 e. The Labute approximate surface area is 298 Å². The Hall–Kier alpha value is -4.10. The Morgan fingerprint density at radius 3 is 1.50 bits per heavy atom. The number of nitrogens with zero attached hydrogens (tertiary/aromatic N) is 4. The smallest absolute Gasteiger partial charge is 0.396 e. The molecule has 1 aromatic heterocycles. The average molecular weight is 712 g/mol. The summed E-state index contributed by atoms with van der Waals surface area (Å²) in [5.41, 5.74) is 2.72. The van der Waals surface area contributed by atoms with E-state index in [1.807, 2.05) is 48.2 Å². The second kappa shape index (κ2) is 23.3. The minimum absolute atomic E-state index is 0.00159. The van der Waals surface area contributed by atoms with Crippen molar-refractivity contribution in [3.05, 3.63) is 35.3 Å². The number of benzene rings is 1. The number of aryl methyl sites for hydroxylation is 2. The van der Waals surface area contributed by atoms with Crippen molar-refractivity contribution in [2.75, 3.05) is 24.6 Å². The lowest BCUT2D eigenvalue weighted by atomic mass is 10.00. The molecule has 2 rings (SSSR count). The monoisotopic (exact) mass is 711 g/mol. The van der Waals surface area contributed by atoms with E-state index in [-0.39, 0.29) is 131 Å². The number of aromatic nitrogens is 1. The maximum absolute atomic E-state index is 12.6. The van der Waals surface area contributed by atoms with E-state index in [2.05, 4.69) is 22.1 Å². The lowest BCUT2D eigenvalue weighted by Crippen LogP contribution is -2.28. The van der Waals surface area contributed by atoms with Crippen molar-refractivity contribution in [3.63, 3.8) is 0 Å². The highest BCUT2D eigenvalue weighted by Gasteiger charge is 2.16. The van der Waals surface area contributed by atoms with Crippen LogP contribution in [-0.4, -0.2) is 65.3 Å². The van der Waals surface area contributed by atoms with Gasteiger partial charge in [-0.2, -0.15) is 0 Å². The van der Waals surface area contributed by atoms with E-state index in [1.165, 1.54) is 11.3 Å². The Balaban J connectivity index is 1.62. The van der Waals surface area contributed by atoms with Crippen LogP contribution < -0.4 is 9.47 Å². The number of hydrogen-bond acceptors (Lipinski definition) is 12. The summed E-state index contributed by atoms with van der Waals surface area (Å²) in [5.74, 6) is -1.30. The highest BCUT2D eigenvalue weighted by atomic mass is 32.1. The number of aliphatic hydroxyl groups excluding tert-OH is 1. The van der Waals surface area contributed by atoms with Gasteiger partial charge in [0.1, 0.15) is 52.4 Å². The first kappa shape index (κ1) is 42.1. The molecule has 0 radical (unpaired) electrons. The van der Waals surface area contributed by atoms with Gasteiger partial charge >= 0.3 is 5.13 Å². The van der Waals surface area contributed by atoms with E-state index in [0.717, 1.165) is 28.6 Å². The third kappa shape index (κ3) is 16.5. The number of aliphatic hydroxyl groups is 1. The van der Waals surface area contributed by atoms with Crippen LogP contribution in [0.4, 0.5) is 16.5 Å². The molecular formula is C37H51N4O8S+. The van der Waals surface area contributed by atoms with Crippen LogP contribution in [0.3, 0.4) is 0 Å². The van der Waals surface area contributed by atoms with E-state index >= 15 is 0 Å². The number of ketones is 7. The summed E-state index contributed by atoms with van der Waals surface area (Å²) in [6, 6.07) is 5.91. The zero-order valence-electron chi connectivity index (χ0n) is 29.6. The first-order valence-electron chi connectivity index (χ1n) is 17.4. The van der Waals surface area contributed by atoms with Crippen molar-refractivity contribution >= 4 is 68.3 Å². The highest BCUT2D eigenvalue weighted by molar-refractivity contribution is 7.12. The summed E-state index contributed by atoms with van der Waals surface area (Å²) in [5, 5.41) is 20.3. The predicted octanol–water partition coefficient (Wildman–Crippen LogP) is 6.04. The standard InChI is InChI=1S/C37H51N4O8S/c1-4-40(28-6-19-36(27(3)26-28)38-39-37-41(5-2)23-25-50-37)22-20-34(48)17-15-32(46)13-11-30(44)9-7-29(43)8-10-31(45)12-14-33(47)16-18-35(49)21-24-42/h6,19,23,25-26,42H,4-5,7-18,20-22,24H2,1-3H3/q+1. The zero-order chi connectivity index (χ0) is 36.9. The molecule has 12 nitrogen and oxygen atoms in total. The third-order valence-corrected chi connectivity index (χ3v) is 9.10. The van der Waals surface area contributed by atoms with E-state index in [0.29, 0.717) is 19.5 Å². The molecule has 0 aliphatic heterocycles. The normalized spacial score (nSPS) is 11.1. The maximum atomic E-state index is 12.6. The molecular weight excluding hydrogens is 660 g/mol. The topological polar surface area (TPSA) is 172 Å². The fourth-order valence-corrected chi connectivity index (χ4v) is 5.81. The molecule has 13 heteroatoms. The number of anilines is 1. The minimum atomic E-state index is -0.256. The van der Waals surface area contributed by atoms with E-state index < -0.39 is 0 Å². The number of azo groups is 1. The first-order valence-corrected chi connectivity index (χ1v) is 18.3. The van der Waals surface area contributed by atoms with E-state index in [4.69, 9.17) is 5.11 Å². The van der Waals surface area contributed by atoms with Crippen LogP contribution in [0.5, 0.6) is 0 Å². The third-order valence-electron chi connectivity index (χ3n) is 8.32. The molecule has 50 heavy (non-hydrogen) atoms. The van der Waals surface area contributed by atoms with Crippen molar-refractivity contribution in [2.45, 2.75) is 117 Å². The van der Waals surface area contributed by atoms with Gasteiger partial charge in [-0.05, 0) is 61.0 Å². The zero-order valence-corrected chi connectivity index (χ0v) is 30.4. The van der Waals surface area contributed by atoms with Crippen molar-refractivity contribution in [1.82, 2.24) is 0 Å². The molecule has 0 amide bonds. The van der Waals surface area contributed by atoms with E-state index in [1.54, 1.807) is 0 Å². The molecule has 0 saturated heterocycles. The molecule has 272 valence electrons. The van der Waals surface area contributed by atoms with Gasteiger partial charge in [0.25, 0.3) is 0 Å². The summed E-state index contributed by atoms with van der Waals surface area (Å²) in [6.45, 7) is 7.83. The molecule has 0 unspecified atom stereocenters. The fraction of sp³-hybridized carbons (Fsp3) is 0.568.